The molecule has 3 rings (SSSR count). The fraction of sp³-hybridized carbons (Fsp3) is 0.125. The zero-order valence-electron chi connectivity index (χ0n) is 9.76. The lowest BCUT2D eigenvalue weighted by Gasteiger charge is -2.24. The molecule has 0 N–H and O–H groups in total. The first-order valence-corrected chi connectivity index (χ1v) is 5.84. The first-order valence-electron chi connectivity index (χ1n) is 5.84. The van der Waals surface area contributed by atoms with Crippen molar-refractivity contribution in [2.45, 2.75) is 13.0 Å². The van der Waals surface area contributed by atoms with Gasteiger partial charge in [-0.3, -0.25) is 0 Å². The summed E-state index contributed by atoms with van der Waals surface area (Å²) in [6.45, 7) is 2.14. The minimum Gasteiger partial charge on any atom is -0.481 e. The van der Waals surface area contributed by atoms with E-state index >= 15 is 0 Å². The van der Waals surface area contributed by atoms with Gasteiger partial charge >= 0.3 is 0 Å². The first-order chi connectivity index (χ1) is 8.34. The molecule has 0 unspecified atom stereocenters. The first kappa shape index (κ1) is 10.2. The standard InChI is InChI=1S/C16H14O/c1-12-11-16(13-7-3-2-4-8-13)17-15-10-6-5-9-14(12)15/h2-11,16H,1H3/t16-/m1/s1. The van der Waals surface area contributed by atoms with Crippen LogP contribution in [0.25, 0.3) is 5.57 Å². The van der Waals surface area contributed by atoms with E-state index in [-0.39, 0.29) is 6.10 Å². The lowest BCUT2D eigenvalue weighted by Crippen LogP contribution is -2.10. The van der Waals surface area contributed by atoms with Crippen molar-refractivity contribution in [2.75, 3.05) is 0 Å². The van der Waals surface area contributed by atoms with Gasteiger partial charge in [-0.15, -0.1) is 0 Å². The van der Waals surface area contributed by atoms with Gasteiger partial charge in [0.1, 0.15) is 11.9 Å². The van der Waals surface area contributed by atoms with Crippen LogP contribution in [0.4, 0.5) is 0 Å². The minimum absolute atomic E-state index is 0.0334. The van der Waals surface area contributed by atoms with E-state index in [4.69, 9.17) is 4.74 Å². The second-order valence-corrected chi connectivity index (χ2v) is 4.29. The van der Waals surface area contributed by atoms with Gasteiger partial charge in [-0.2, -0.15) is 0 Å². The Morgan fingerprint density at radius 3 is 2.41 bits per heavy atom. The van der Waals surface area contributed by atoms with E-state index in [2.05, 4.69) is 31.2 Å². The Labute approximate surface area is 101 Å². The van der Waals surface area contributed by atoms with Crippen LogP contribution in [0.15, 0.2) is 60.7 Å². The zero-order valence-corrected chi connectivity index (χ0v) is 9.76. The zero-order chi connectivity index (χ0) is 11.7. The van der Waals surface area contributed by atoms with Crippen molar-refractivity contribution in [1.29, 1.82) is 0 Å². The Balaban J connectivity index is 2.02. The smallest absolute Gasteiger partial charge is 0.143 e. The van der Waals surface area contributed by atoms with Gasteiger partial charge in [0.25, 0.3) is 0 Å². The summed E-state index contributed by atoms with van der Waals surface area (Å²) < 4.78 is 6.01. The van der Waals surface area contributed by atoms with Gasteiger partial charge in [0.2, 0.25) is 0 Å². The molecule has 2 aromatic carbocycles. The molecule has 1 aliphatic heterocycles. The molecule has 0 saturated heterocycles. The molecule has 84 valence electrons. The second kappa shape index (κ2) is 4.10. The number of para-hydroxylation sites is 1. The summed E-state index contributed by atoms with van der Waals surface area (Å²) in [5.74, 6) is 0.973. The van der Waals surface area contributed by atoms with Gasteiger partial charge in [0.15, 0.2) is 0 Å². The molecule has 0 saturated carbocycles. The van der Waals surface area contributed by atoms with Gasteiger partial charge < -0.3 is 4.74 Å². The molecule has 1 heterocycles. The maximum absolute atomic E-state index is 6.01. The van der Waals surface area contributed by atoms with E-state index in [0.29, 0.717) is 0 Å². The van der Waals surface area contributed by atoms with Gasteiger partial charge in [-0.05, 0) is 30.2 Å². The third kappa shape index (κ3) is 1.84. The fourth-order valence-corrected chi connectivity index (χ4v) is 2.19. The predicted octanol–water partition coefficient (Wildman–Crippen LogP) is 4.22. The van der Waals surface area contributed by atoms with Crippen molar-refractivity contribution in [3.05, 3.63) is 71.8 Å². The van der Waals surface area contributed by atoms with Gasteiger partial charge in [0.05, 0.1) is 0 Å². The molecular formula is C16H14O. The lowest BCUT2D eigenvalue weighted by molar-refractivity contribution is 0.250. The van der Waals surface area contributed by atoms with E-state index in [1.165, 1.54) is 16.7 Å². The number of rotatable bonds is 1. The maximum atomic E-state index is 6.01. The second-order valence-electron chi connectivity index (χ2n) is 4.29. The molecule has 0 amide bonds. The van der Waals surface area contributed by atoms with Crippen LogP contribution in [0.5, 0.6) is 5.75 Å². The third-order valence-electron chi connectivity index (χ3n) is 3.10. The largest absolute Gasteiger partial charge is 0.481 e. The van der Waals surface area contributed by atoms with Crippen LogP contribution in [0.3, 0.4) is 0 Å². The Hall–Kier alpha value is -2.02. The average Bonchev–Trinajstić information content (AvgIpc) is 2.40. The van der Waals surface area contributed by atoms with Crippen LogP contribution in [0.1, 0.15) is 24.2 Å². The Morgan fingerprint density at radius 2 is 1.59 bits per heavy atom. The SMILES string of the molecule is CC1=C[C@H](c2ccccc2)Oc2ccccc21. The van der Waals surface area contributed by atoms with Gasteiger partial charge in [-0.25, -0.2) is 0 Å². The van der Waals surface area contributed by atoms with Crippen molar-refractivity contribution in [1.82, 2.24) is 0 Å². The van der Waals surface area contributed by atoms with Crippen LogP contribution < -0.4 is 4.74 Å². The highest BCUT2D eigenvalue weighted by Gasteiger charge is 2.18. The number of hydrogen-bond donors (Lipinski definition) is 0. The molecule has 1 nitrogen and oxygen atoms in total. The monoisotopic (exact) mass is 222 g/mol. The highest BCUT2D eigenvalue weighted by Crippen LogP contribution is 2.36. The Bertz CT molecular complexity index is 555. The van der Waals surface area contributed by atoms with E-state index in [0.717, 1.165) is 5.75 Å². The molecule has 2 aromatic rings. The van der Waals surface area contributed by atoms with Crippen LogP contribution in [0.2, 0.25) is 0 Å². The van der Waals surface area contributed by atoms with Crippen molar-refractivity contribution in [3.8, 4) is 5.75 Å². The third-order valence-corrected chi connectivity index (χ3v) is 3.10. The number of hydrogen-bond acceptors (Lipinski definition) is 1. The summed E-state index contributed by atoms with van der Waals surface area (Å²) in [6.07, 6.45) is 2.21. The minimum atomic E-state index is 0.0334. The number of fused-ring (bicyclic) bond motifs is 1. The van der Waals surface area contributed by atoms with Crippen LogP contribution in [-0.2, 0) is 0 Å². The molecule has 1 aliphatic rings. The quantitative estimate of drug-likeness (QED) is 0.701. The molecule has 0 bridgehead atoms. The summed E-state index contributed by atoms with van der Waals surface area (Å²) in [5.41, 5.74) is 3.67. The molecule has 1 atom stereocenters. The van der Waals surface area contributed by atoms with Crippen LogP contribution in [-0.4, -0.2) is 0 Å². The Morgan fingerprint density at radius 1 is 0.882 bits per heavy atom. The number of allylic oxidation sites excluding steroid dienone is 1. The molecule has 0 spiro atoms. The van der Waals surface area contributed by atoms with E-state index in [1.54, 1.807) is 0 Å². The Kier molecular flexibility index (Phi) is 2.45. The summed E-state index contributed by atoms with van der Waals surface area (Å²) in [7, 11) is 0. The van der Waals surface area contributed by atoms with E-state index in [9.17, 15) is 0 Å². The fourth-order valence-electron chi connectivity index (χ4n) is 2.19. The molecule has 0 aliphatic carbocycles. The normalized spacial score (nSPS) is 17.9. The molecule has 1 heteroatoms. The number of ether oxygens (including phenoxy) is 1. The van der Waals surface area contributed by atoms with E-state index < -0.39 is 0 Å². The van der Waals surface area contributed by atoms with Crippen molar-refractivity contribution >= 4 is 5.57 Å². The maximum Gasteiger partial charge on any atom is 0.143 e. The van der Waals surface area contributed by atoms with Crippen molar-refractivity contribution < 1.29 is 4.74 Å². The summed E-state index contributed by atoms with van der Waals surface area (Å²) in [6, 6.07) is 18.5. The highest BCUT2D eigenvalue weighted by molar-refractivity contribution is 5.71. The molecule has 0 fully saturated rings. The number of benzene rings is 2. The van der Waals surface area contributed by atoms with Crippen LogP contribution >= 0.6 is 0 Å². The summed E-state index contributed by atoms with van der Waals surface area (Å²) >= 11 is 0. The molecule has 0 aromatic heterocycles. The molecule has 17 heavy (non-hydrogen) atoms. The predicted molar refractivity (Wildman–Crippen MR) is 69.9 cm³/mol. The molecule has 0 radical (unpaired) electrons. The molecular weight excluding hydrogens is 208 g/mol. The van der Waals surface area contributed by atoms with Gasteiger partial charge in [0, 0.05) is 5.56 Å². The lowest BCUT2D eigenvalue weighted by atomic mass is 9.98. The van der Waals surface area contributed by atoms with Gasteiger partial charge in [-0.1, -0.05) is 48.5 Å². The van der Waals surface area contributed by atoms with Crippen LogP contribution in [0, 0.1) is 0 Å². The van der Waals surface area contributed by atoms with Crippen molar-refractivity contribution in [2.24, 2.45) is 0 Å². The average molecular weight is 222 g/mol. The topological polar surface area (TPSA) is 9.23 Å². The van der Waals surface area contributed by atoms with Crippen molar-refractivity contribution in [3.63, 3.8) is 0 Å². The summed E-state index contributed by atoms with van der Waals surface area (Å²) in [5, 5.41) is 0. The van der Waals surface area contributed by atoms with E-state index in [1.807, 2.05) is 36.4 Å². The summed E-state index contributed by atoms with van der Waals surface area (Å²) in [4.78, 5) is 0. The highest BCUT2D eigenvalue weighted by atomic mass is 16.5.